The van der Waals surface area contributed by atoms with E-state index in [4.69, 9.17) is 4.74 Å². The number of urea groups is 1. The molecular formula is C18H20FN5O3S. The van der Waals surface area contributed by atoms with Crippen molar-refractivity contribution in [1.82, 2.24) is 25.4 Å². The van der Waals surface area contributed by atoms with Crippen molar-refractivity contribution >= 4 is 23.8 Å². The molecule has 8 nitrogen and oxygen atoms in total. The van der Waals surface area contributed by atoms with Gasteiger partial charge in [0.25, 0.3) is 0 Å². The number of ether oxygens (including phenoxy) is 1. The first-order valence-electron chi connectivity index (χ1n) is 8.67. The molecule has 0 fully saturated rings. The number of benzene rings is 1. The molecule has 0 spiro atoms. The third-order valence-corrected chi connectivity index (χ3v) is 5.21. The number of carbonyl (C=O) groups is 2. The van der Waals surface area contributed by atoms with E-state index in [-0.39, 0.29) is 24.2 Å². The van der Waals surface area contributed by atoms with E-state index < -0.39 is 12.0 Å². The van der Waals surface area contributed by atoms with Crippen LogP contribution < -0.4 is 10.6 Å². The Morgan fingerprint density at radius 3 is 2.82 bits per heavy atom. The molecule has 0 saturated carbocycles. The molecule has 10 heteroatoms. The third kappa shape index (κ3) is 4.01. The van der Waals surface area contributed by atoms with Crippen molar-refractivity contribution < 1.29 is 18.7 Å². The lowest BCUT2D eigenvalue weighted by Crippen LogP contribution is -2.49. The number of carbonyl (C=O) groups excluding carboxylic acids is 2. The molecule has 3 rings (SSSR count). The summed E-state index contributed by atoms with van der Waals surface area (Å²) < 4.78 is 20.8. The summed E-state index contributed by atoms with van der Waals surface area (Å²) in [7, 11) is 1.73. The van der Waals surface area contributed by atoms with Crippen molar-refractivity contribution in [2.75, 3.05) is 12.4 Å². The van der Waals surface area contributed by atoms with E-state index in [1.54, 1.807) is 43.7 Å². The molecule has 0 aliphatic carbocycles. The normalized spacial score (nSPS) is 16.6. The minimum Gasteiger partial charge on any atom is -0.463 e. The number of hydrogen-bond acceptors (Lipinski definition) is 6. The van der Waals surface area contributed by atoms with Gasteiger partial charge in [0.2, 0.25) is 0 Å². The van der Waals surface area contributed by atoms with E-state index in [1.807, 2.05) is 0 Å². The van der Waals surface area contributed by atoms with Crippen molar-refractivity contribution in [2.45, 2.75) is 25.0 Å². The molecular weight excluding hydrogens is 385 g/mol. The molecule has 2 aromatic rings. The molecule has 2 N–H and O–H groups in total. The summed E-state index contributed by atoms with van der Waals surface area (Å²) in [6.07, 6.45) is 0. The molecule has 1 aromatic carbocycles. The van der Waals surface area contributed by atoms with Crippen LogP contribution in [-0.2, 0) is 16.6 Å². The van der Waals surface area contributed by atoms with Crippen LogP contribution in [0, 0.1) is 5.82 Å². The van der Waals surface area contributed by atoms with Gasteiger partial charge in [-0.1, -0.05) is 23.9 Å². The molecule has 1 unspecified atom stereocenters. The maximum absolute atomic E-state index is 14.0. The molecule has 1 aliphatic rings. The van der Waals surface area contributed by atoms with Crippen molar-refractivity contribution in [1.29, 1.82) is 0 Å². The molecule has 0 radical (unpaired) electrons. The van der Waals surface area contributed by atoms with Gasteiger partial charge in [-0.25, -0.2) is 14.0 Å². The fourth-order valence-electron chi connectivity index (χ4n) is 2.85. The highest BCUT2D eigenvalue weighted by Crippen LogP contribution is 2.27. The number of rotatable bonds is 6. The van der Waals surface area contributed by atoms with E-state index in [0.717, 1.165) is 0 Å². The summed E-state index contributed by atoms with van der Waals surface area (Å²) in [4.78, 5) is 24.1. The van der Waals surface area contributed by atoms with Crippen LogP contribution in [-0.4, -0.2) is 45.2 Å². The molecule has 1 aromatic heterocycles. The van der Waals surface area contributed by atoms with Gasteiger partial charge >= 0.3 is 12.0 Å². The molecule has 0 bridgehead atoms. The van der Waals surface area contributed by atoms with Gasteiger partial charge in [0.15, 0.2) is 11.0 Å². The highest BCUT2D eigenvalue weighted by Gasteiger charge is 2.30. The average molecular weight is 405 g/mol. The average Bonchev–Trinajstić information content (AvgIpc) is 3.00. The van der Waals surface area contributed by atoms with Gasteiger partial charge in [-0.3, -0.25) is 0 Å². The van der Waals surface area contributed by atoms with Crippen LogP contribution in [0.3, 0.4) is 0 Å². The van der Waals surface area contributed by atoms with E-state index in [1.165, 1.54) is 17.8 Å². The number of hydrogen-bond donors (Lipinski definition) is 2. The first kappa shape index (κ1) is 19.9. The molecule has 1 atom stereocenters. The number of halogens is 1. The Labute approximate surface area is 165 Å². The fourth-order valence-corrected chi connectivity index (χ4v) is 3.73. The quantitative estimate of drug-likeness (QED) is 0.565. The van der Waals surface area contributed by atoms with E-state index >= 15 is 0 Å². The highest BCUT2D eigenvalue weighted by molar-refractivity contribution is 7.99. The van der Waals surface area contributed by atoms with Gasteiger partial charge in [0.1, 0.15) is 5.82 Å². The van der Waals surface area contributed by atoms with Crippen LogP contribution in [0.15, 0.2) is 40.7 Å². The van der Waals surface area contributed by atoms with Gasteiger partial charge in [-0.15, -0.1) is 10.2 Å². The zero-order valence-corrected chi connectivity index (χ0v) is 16.5. The Balaban J connectivity index is 1.84. The summed E-state index contributed by atoms with van der Waals surface area (Å²) in [5.41, 5.74) is 1.17. The van der Waals surface area contributed by atoms with Crippen LogP contribution >= 0.6 is 11.8 Å². The van der Waals surface area contributed by atoms with E-state index in [0.29, 0.717) is 27.8 Å². The minimum absolute atomic E-state index is 0.235. The summed E-state index contributed by atoms with van der Waals surface area (Å²) in [6, 6.07) is 5.46. The second-order valence-corrected chi connectivity index (χ2v) is 7.01. The Morgan fingerprint density at radius 2 is 2.11 bits per heavy atom. The van der Waals surface area contributed by atoms with Crippen LogP contribution in [0.2, 0.25) is 0 Å². The Kier molecular flexibility index (Phi) is 5.98. The number of thioether (sulfide) groups is 1. The van der Waals surface area contributed by atoms with Gasteiger partial charge in [-0.05, 0) is 26.0 Å². The zero-order valence-electron chi connectivity index (χ0n) is 15.7. The molecule has 2 amide bonds. The van der Waals surface area contributed by atoms with Crippen LogP contribution in [0.1, 0.15) is 13.8 Å². The fraction of sp³-hybridized carbons (Fsp3) is 0.333. The Bertz CT molecular complexity index is 943. The lowest BCUT2D eigenvalue weighted by molar-refractivity contribution is -0.138. The largest absolute Gasteiger partial charge is 0.463 e. The molecule has 1 aliphatic heterocycles. The molecule has 0 saturated heterocycles. The van der Waals surface area contributed by atoms with Crippen LogP contribution in [0.5, 0.6) is 0 Å². The molecule has 148 valence electrons. The van der Waals surface area contributed by atoms with E-state index in [2.05, 4.69) is 20.8 Å². The first-order valence-corrected chi connectivity index (χ1v) is 9.65. The monoisotopic (exact) mass is 405 g/mol. The van der Waals surface area contributed by atoms with Gasteiger partial charge < -0.3 is 19.9 Å². The zero-order chi connectivity index (χ0) is 20.3. The summed E-state index contributed by atoms with van der Waals surface area (Å²) in [6.45, 7) is 3.67. The maximum atomic E-state index is 14.0. The van der Waals surface area contributed by atoms with Crippen molar-refractivity contribution in [2.24, 2.45) is 7.05 Å². The lowest BCUT2D eigenvalue weighted by Gasteiger charge is -2.26. The molecule has 2 heterocycles. The van der Waals surface area contributed by atoms with E-state index in [9.17, 15) is 14.0 Å². The topological polar surface area (TPSA) is 98.1 Å². The first-order chi connectivity index (χ1) is 13.4. The van der Waals surface area contributed by atoms with Gasteiger partial charge in [0, 0.05) is 18.5 Å². The predicted molar refractivity (Wildman–Crippen MR) is 102 cm³/mol. The van der Waals surface area contributed by atoms with Crippen LogP contribution in [0.25, 0.3) is 11.4 Å². The maximum Gasteiger partial charge on any atom is 0.337 e. The second kappa shape index (κ2) is 8.42. The third-order valence-electron chi connectivity index (χ3n) is 4.16. The van der Waals surface area contributed by atoms with Crippen molar-refractivity contribution in [3.63, 3.8) is 0 Å². The predicted octanol–water partition coefficient (Wildman–Crippen LogP) is 2.23. The molecule has 28 heavy (non-hydrogen) atoms. The van der Waals surface area contributed by atoms with Crippen LogP contribution in [0.4, 0.5) is 9.18 Å². The summed E-state index contributed by atoms with van der Waals surface area (Å²) >= 11 is 1.28. The lowest BCUT2D eigenvalue weighted by atomic mass is 10.1. The Hall–Kier alpha value is -2.88. The minimum atomic E-state index is -0.483. The van der Waals surface area contributed by atoms with Crippen molar-refractivity contribution in [3.05, 3.63) is 41.4 Å². The SMILES string of the molecule is CCOC(=O)C1=C(CSc2nnc(-c3ccccc3F)n2C)NC(=O)NC1C. The number of aromatic nitrogens is 3. The smallest absolute Gasteiger partial charge is 0.337 e. The number of esters is 1. The summed E-state index contributed by atoms with van der Waals surface area (Å²) in [5.74, 6) is -0.206. The Morgan fingerprint density at radius 1 is 1.36 bits per heavy atom. The standard InChI is InChI=1S/C18H20FN5O3S/c1-4-27-16(25)14-10(2)20-17(26)21-13(14)9-28-18-23-22-15(24(18)3)11-7-5-6-8-12(11)19/h5-8,10H,4,9H2,1-3H3,(H2,20,21,26). The van der Waals surface area contributed by atoms with Crippen molar-refractivity contribution in [3.8, 4) is 11.4 Å². The highest BCUT2D eigenvalue weighted by atomic mass is 32.2. The second-order valence-electron chi connectivity index (χ2n) is 6.07. The van der Waals surface area contributed by atoms with Gasteiger partial charge in [-0.2, -0.15) is 0 Å². The summed E-state index contributed by atoms with van der Waals surface area (Å²) in [5, 5.41) is 14.0. The number of amides is 2. The number of nitrogens with zero attached hydrogens (tertiary/aromatic N) is 3. The van der Waals surface area contributed by atoms with Gasteiger partial charge in [0.05, 0.1) is 23.8 Å². The number of nitrogens with one attached hydrogen (secondary N) is 2.